The molecule has 0 spiro atoms. The number of H-pyrrole nitrogens is 1. The molecular weight excluding hydrogens is 590 g/mol. The summed E-state index contributed by atoms with van der Waals surface area (Å²) in [4.78, 5) is 15.0. The first-order valence-corrected chi connectivity index (χ1v) is 16.6. The number of amidine groups is 1. The van der Waals surface area contributed by atoms with Crippen LogP contribution in [0.1, 0.15) is 11.3 Å². The van der Waals surface area contributed by atoms with Crippen LogP contribution in [0.2, 0.25) is 0 Å². The summed E-state index contributed by atoms with van der Waals surface area (Å²) in [6, 6.07) is 14.5. The molecular formula is C30H38FN7O3S2. The lowest BCUT2D eigenvalue weighted by molar-refractivity contribution is 0.140. The van der Waals surface area contributed by atoms with E-state index in [9.17, 15) is 12.8 Å². The first-order valence-electron chi connectivity index (χ1n) is 14.1. The summed E-state index contributed by atoms with van der Waals surface area (Å²) in [5.74, 6) is 1.36. The van der Waals surface area contributed by atoms with Crippen LogP contribution in [0.15, 0.2) is 81.0 Å². The summed E-state index contributed by atoms with van der Waals surface area (Å²) in [5.41, 5.74) is 1.07. The van der Waals surface area contributed by atoms with Gasteiger partial charge >= 0.3 is 0 Å². The van der Waals surface area contributed by atoms with Gasteiger partial charge in [-0.15, -0.1) is 0 Å². The Morgan fingerprint density at radius 3 is 2.42 bits per heavy atom. The summed E-state index contributed by atoms with van der Waals surface area (Å²) < 4.78 is 46.0. The number of sulfone groups is 1. The van der Waals surface area contributed by atoms with Crippen molar-refractivity contribution >= 4 is 32.6 Å². The van der Waals surface area contributed by atoms with E-state index in [1.165, 1.54) is 23.9 Å². The molecule has 0 amide bonds. The van der Waals surface area contributed by atoms with Crippen LogP contribution in [-0.2, 0) is 20.3 Å². The van der Waals surface area contributed by atoms with E-state index in [1.807, 2.05) is 17.9 Å². The topological polar surface area (TPSA) is 97.4 Å². The zero-order chi connectivity index (χ0) is 30.6. The molecule has 0 atom stereocenters. The molecule has 1 saturated heterocycles. The Morgan fingerprint density at radius 2 is 1.79 bits per heavy atom. The van der Waals surface area contributed by atoms with Crippen LogP contribution in [0.25, 0.3) is 0 Å². The zero-order valence-electron chi connectivity index (χ0n) is 25.0. The number of hydrogen-bond acceptors (Lipinski definition) is 10. The number of anilines is 1. The van der Waals surface area contributed by atoms with Crippen LogP contribution in [0.5, 0.6) is 0 Å². The number of thioether (sulfide) groups is 1. The lowest BCUT2D eigenvalue weighted by Gasteiger charge is -2.39. The largest absolute Gasteiger partial charge is 0.495 e. The van der Waals surface area contributed by atoms with Gasteiger partial charge in [0.1, 0.15) is 5.82 Å². The van der Waals surface area contributed by atoms with Crippen molar-refractivity contribution in [2.24, 2.45) is 4.99 Å². The lowest BCUT2D eigenvalue weighted by Crippen LogP contribution is -2.48. The number of aryl methyl sites for hydroxylation is 1. The highest BCUT2D eigenvalue weighted by molar-refractivity contribution is 8.14. The summed E-state index contributed by atoms with van der Waals surface area (Å²) in [6.07, 6.45) is 0. The second-order valence-corrected chi connectivity index (χ2v) is 13.9. The number of methoxy groups -OCH3 is 1. The molecule has 43 heavy (non-hydrogen) atoms. The highest BCUT2D eigenvalue weighted by Crippen LogP contribution is 2.33. The summed E-state index contributed by atoms with van der Waals surface area (Å²) in [7, 11) is 2.13. The van der Waals surface area contributed by atoms with Gasteiger partial charge in [0, 0.05) is 61.5 Å². The van der Waals surface area contributed by atoms with Gasteiger partial charge in [-0.25, -0.2) is 17.8 Å². The average Bonchev–Trinajstić information content (AvgIpc) is 3.43. The van der Waals surface area contributed by atoms with Gasteiger partial charge < -0.3 is 14.5 Å². The molecule has 2 aromatic carbocycles. The number of aromatic amines is 1. The van der Waals surface area contributed by atoms with Gasteiger partial charge in [0.15, 0.2) is 32.4 Å². The fraction of sp³-hybridized carbons (Fsp3) is 0.400. The van der Waals surface area contributed by atoms with Crippen LogP contribution >= 0.6 is 11.8 Å². The average molecular weight is 628 g/mol. The maximum atomic E-state index is 14.1. The van der Waals surface area contributed by atoms with Crippen molar-refractivity contribution in [3.8, 4) is 0 Å². The second kappa shape index (κ2) is 13.5. The van der Waals surface area contributed by atoms with E-state index >= 15 is 0 Å². The molecule has 10 nitrogen and oxygen atoms in total. The van der Waals surface area contributed by atoms with Crippen LogP contribution in [-0.4, -0.2) is 106 Å². The maximum absolute atomic E-state index is 14.1. The number of piperazine rings is 1. The van der Waals surface area contributed by atoms with Gasteiger partial charge in [-0.2, -0.15) is 5.10 Å². The van der Waals surface area contributed by atoms with E-state index < -0.39 is 21.4 Å². The first-order chi connectivity index (χ1) is 20.6. The number of ether oxygens (including phenoxy) is 1. The lowest BCUT2D eigenvalue weighted by atomic mass is 10.2. The predicted molar refractivity (Wildman–Crippen MR) is 168 cm³/mol. The smallest absolute Gasteiger partial charge is 0.182 e. The Labute approximate surface area is 257 Å². The molecule has 2 aliphatic rings. The molecule has 1 fully saturated rings. The molecule has 3 heterocycles. The first kappa shape index (κ1) is 31.0. The molecule has 1 aromatic heterocycles. The van der Waals surface area contributed by atoms with Crippen molar-refractivity contribution in [3.05, 3.63) is 83.3 Å². The fourth-order valence-electron chi connectivity index (χ4n) is 4.95. The van der Waals surface area contributed by atoms with E-state index in [2.05, 4.69) is 39.0 Å². The number of likely N-dealkylation sites (N-methyl/N-ethyl adjacent to an activating group) is 1. The minimum absolute atomic E-state index is 0.139. The number of aliphatic imine (C=N–C) groups is 1. The number of nitrogens with zero attached hydrogens (tertiary/aromatic N) is 6. The van der Waals surface area contributed by atoms with Crippen molar-refractivity contribution < 1.29 is 17.5 Å². The Kier molecular flexibility index (Phi) is 9.75. The Bertz CT molecular complexity index is 1580. The van der Waals surface area contributed by atoms with Crippen LogP contribution in [0.4, 0.5) is 10.2 Å². The quantitative estimate of drug-likeness (QED) is 0.360. The third-order valence-electron chi connectivity index (χ3n) is 7.43. The molecule has 0 unspecified atom stereocenters. The third kappa shape index (κ3) is 7.58. The Morgan fingerprint density at radius 1 is 1.07 bits per heavy atom. The van der Waals surface area contributed by atoms with Crippen LogP contribution in [0, 0.1) is 12.7 Å². The predicted octanol–water partition coefficient (Wildman–Crippen LogP) is 3.79. The van der Waals surface area contributed by atoms with Crippen molar-refractivity contribution in [2.45, 2.75) is 22.5 Å². The zero-order valence-corrected chi connectivity index (χ0v) is 26.6. The number of nitrogens with one attached hydrogen (secondary N) is 1. The minimum Gasteiger partial charge on any atom is -0.495 e. The van der Waals surface area contributed by atoms with Gasteiger partial charge in [0.05, 0.1) is 24.3 Å². The van der Waals surface area contributed by atoms with Crippen molar-refractivity contribution in [2.75, 3.05) is 71.9 Å². The van der Waals surface area contributed by atoms with E-state index in [0.717, 1.165) is 67.3 Å². The highest BCUT2D eigenvalue weighted by atomic mass is 32.2. The summed E-state index contributed by atoms with van der Waals surface area (Å²) in [6.45, 7) is 8.01. The highest BCUT2D eigenvalue weighted by Gasteiger charge is 2.31. The molecule has 0 bridgehead atoms. The van der Waals surface area contributed by atoms with E-state index in [0.29, 0.717) is 11.7 Å². The Balaban J connectivity index is 1.37. The fourth-order valence-corrected chi connectivity index (χ4v) is 7.19. The molecule has 0 saturated carbocycles. The molecule has 0 aliphatic carbocycles. The normalized spacial score (nSPS) is 16.7. The molecule has 1 N–H and O–H groups in total. The molecule has 13 heteroatoms. The van der Waals surface area contributed by atoms with Gasteiger partial charge in [0.2, 0.25) is 0 Å². The molecule has 230 valence electrons. The van der Waals surface area contributed by atoms with E-state index in [-0.39, 0.29) is 10.5 Å². The molecule has 3 aromatic rings. The standard InChI is InChI=1S/C30H38FN7O3S2/c1-22-19-28(34-33-22)38-20-27(41-4)29(37-17-15-36(16-18-37)14-13-35(2)3)32-30(38)42-24-9-11-25(12-10-24)43(39,40)21-23-7-5-6-8-26(23)31/h5-12,19H,13-18,20-21H2,1-4H3,(H,33,34). The second-order valence-electron chi connectivity index (χ2n) is 10.9. The molecule has 2 aliphatic heterocycles. The SMILES string of the molecule is COC1=C(N2CCN(CCN(C)C)CC2)N=C(Sc2ccc(S(=O)(=O)Cc3ccccc3F)cc2)N(c2cc(C)[nH]n2)C1. The van der Waals surface area contributed by atoms with E-state index in [1.54, 1.807) is 43.5 Å². The summed E-state index contributed by atoms with van der Waals surface area (Å²) >= 11 is 1.43. The van der Waals surface area contributed by atoms with Crippen LogP contribution in [0.3, 0.4) is 0 Å². The van der Waals surface area contributed by atoms with Gasteiger partial charge in [-0.1, -0.05) is 30.0 Å². The van der Waals surface area contributed by atoms with Crippen molar-refractivity contribution in [3.63, 3.8) is 0 Å². The van der Waals surface area contributed by atoms with Gasteiger partial charge in [-0.05, 0) is 51.4 Å². The molecule has 5 rings (SSSR count). The Hall–Kier alpha value is -3.39. The number of aromatic nitrogens is 2. The molecule has 0 radical (unpaired) electrons. The minimum atomic E-state index is -3.73. The number of rotatable bonds is 10. The monoisotopic (exact) mass is 627 g/mol. The van der Waals surface area contributed by atoms with Gasteiger partial charge in [-0.3, -0.25) is 14.9 Å². The maximum Gasteiger partial charge on any atom is 0.182 e. The third-order valence-corrected chi connectivity index (χ3v) is 10.1. The number of benzene rings is 2. The summed E-state index contributed by atoms with van der Waals surface area (Å²) in [5, 5.41) is 8.18. The van der Waals surface area contributed by atoms with Crippen molar-refractivity contribution in [1.82, 2.24) is 24.9 Å². The number of halogens is 1. The van der Waals surface area contributed by atoms with Crippen molar-refractivity contribution in [1.29, 1.82) is 0 Å². The van der Waals surface area contributed by atoms with Crippen LogP contribution < -0.4 is 4.90 Å². The van der Waals surface area contributed by atoms with E-state index in [4.69, 9.17) is 9.73 Å². The van der Waals surface area contributed by atoms with Gasteiger partial charge in [0.25, 0.3) is 0 Å². The number of hydrogen-bond donors (Lipinski definition) is 1.